The second kappa shape index (κ2) is 5.36. The molecule has 1 atom stereocenters. The number of carbonyl (C=O) groups excluding carboxylic acids is 2. The van der Waals surface area contributed by atoms with Crippen LogP contribution in [0.25, 0.3) is 0 Å². The van der Waals surface area contributed by atoms with Gasteiger partial charge in [0, 0.05) is 12.0 Å². The molecule has 0 saturated heterocycles. The molecule has 1 unspecified atom stereocenters. The summed E-state index contributed by atoms with van der Waals surface area (Å²) in [5.41, 5.74) is 0.753. The molecular formula is C12H12O5. The van der Waals surface area contributed by atoms with E-state index in [0.717, 1.165) is 0 Å². The van der Waals surface area contributed by atoms with E-state index >= 15 is 0 Å². The fraction of sp³-hybridized carbons (Fsp3) is 0.250. The van der Waals surface area contributed by atoms with E-state index in [4.69, 9.17) is 5.11 Å². The fourth-order valence-electron chi connectivity index (χ4n) is 1.50. The molecule has 0 aliphatic carbocycles. The van der Waals surface area contributed by atoms with Crippen LogP contribution in [0.2, 0.25) is 0 Å². The minimum Gasteiger partial charge on any atom is -0.479 e. The van der Waals surface area contributed by atoms with Gasteiger partial charge in [-0.1, -0.05) is 12.1 Å². The van der Waals surface area contributed by atoms with Crippen LogP contribution in [0.4, 0.5) is 0 Å². The lowest BCUT2D eigenvalue weighted by Gasteiger charge is -2.12. The van der Waals surface area contributed by atoms with Gasteiger partial charge in [0.25, 0.3) is 0 Å². The molecule has 0 aromatic heterocycles. The highest BCUT2D eigenvalue weighted by Crippen LogP contribution is 2.20. The van der Waals surface area contributed by atoms with E-state index < -0.39 is 12.1 Å². The van der Waals surface area contributed by atoms with E-state index in [-0.39, 0.29) is 23.3 Å². The van der Waals surface area contributed by atoms with E-state index in [9.17, 15) is 19.5 Å². The standard InChI is InChI=1S/C12H12O5/c1-7(14)4-9-3-2-8(6-13)5-10(9)11(15)12(16)17/h2-3,5-6,11,15H,4H2,1H3,(H,16,17). The highest BCUT2D eigenvalue weighted by Gasteiger charge is 2.20. The molecule has 5 heteroatoms. The van der Waals surface area contributed by atoms with Gasteiger partial charge in [0.05, 0.1) is 0 Å². The zero-order valence-corrected chi connectivity index (χ0v) is 9.21. The second-order valence-corrected chi connectivity index (χ2v) is 3.70. The van der Waals surface area contributed by atoms with Crippen LogP contribution in [0, 0.1) is 0 Å². The van der Waals surface area contributed by atoms with Gasteiger partial charge in [-0.15, -0.1) is 0 Å². The molecule has 1 rings (SSSR count). The highest BCUT2D eigenvalue weighted by molar-refractivity contribution is 5.82. The quantitative estimate of drug-likeness (QED) is 0.736. The van der Waals surface area contributed by atoms with Gasteiger partial charge >= 0.3 is 5.97 Å². The summed E-state index contributed by atoms with van der Waals surface area (Å²) in [4.78, 5) is 32.3. The fourth-order valence-corrected chi connectivity index (χ4v) is 1.50. The molecule has 17 heavy (non-hydrogen) atoms. The molecule has 0 aliphatic rings. The molecule has 0 spiro atoms. The maximum Gasteiger partial charge on any atom is 0.337 e. The Morgan fingerprint density at radius 3 is 2.53 bits per heavy atom. The third-order valence-corrected chi connectivity index (χ3v) is 2.27. The number of benzene rings is 1. The number of aliphatic hydroxyl groups excluding tert-OH is 1. The molecule has 90 valence electrons. The van der Waals surface area contributed by atoms with E-state index in [1.807, 2.05) is 0 Å². The van der Waals surface area contributed by atoms with Crippen LogP contribution in [-0.2, 0) is 16.0 Å². The Hall–Kier alpha value is -2.01. The van der Waals surface area contributed by atoms with Crippen molar-refractivity contribution in [1.29, 1.82) is 0 Å². The second-order valence-electron chi connectivity index (χ2n) is 3.70. The lowest BCUT2D eigenvalue weighted by atomic mass is 9.96. The third kappa shape index (κ3) is 3.22. The smallest absolute Gasteiger partial charge is 0.337 e. The van der Waals surface area contributed by atoms with Crippen molar-refractivity contribution in [3.8, 4) is 0 Å². The van der Waals surface area contributed by atoms with Gasteiger partial charge < -0.3 is 10.2 Å². The SMILES string of the molecule is CC(=O)Cc1ccc(C=O)cc1C(O)C(=O)O. The van der Waals surface area contributed by atoms with Gasteiger partial charge in [0.15, 0.2) is 6.10 Å². The molecule has 1 aromatic rings. The molecule has 0 amide bonds. The number of Topliss-reactive ketones (excluding diaryl/α,β-unsaturated/α-hetero) is 1. The zero-order valence-electron chi connectivity index (χ0n) is 9.21. The molecule has 1 aromatic carbocycles. The Bertz CT molecular complexity index is 464. The van der Waals surface area contributed by atoms with Crippen LogP contribution in [0.5, 0.6) is 0 Å². The number of aldehydes is 1. The number of carboxylic acid groups (broad SMARTS) is 1. The van der Waals surface area contributed by atoms with E-state index in [2.05, 4.69) is 0 Å². The van der Waals surface area contributed by atoms with Crippen molar-refractivity contribution < 1.29 is 24.6 Å². The summed E-state index contributed by atoms with van der Waals surface area (Å²) < 4.78 is 0. The van der Waals surface area contributed by atoms with Gasteiger partial charge in [-0.3, -0.25) is 9.59 Å². The summed E-state index contributed by atoms with van der Waals surface area (Å²) in [5, 5.41) is 18.2. The Morgan fingerprint density at radius 2 is 2.06 bits per heavy atom. The number of carbonyl (C=O) groups is 3. The van der Waals surface area contributed by atoms with Gasteiger partial charge in [-0.05, 0) is 24.1 Å². The highest BCUT2D eigenvalue weighted by atomic mass is 16.4. The van der Waals surface area contributed by atoms with E-state index in [0.29, 0.717) is 11.8 Å². The summed E-state index contributed by atoms with van der Waals surface area (Å²) in [6.07, 6.45) is -1.15. The summed E-state index contributed by atoms with van der Waals surface area (Å²) in [6.45, 7) is 1.37. The van der Waals surface area contributed by atoms with Crippen LogP contribution in [-0.4, -0.2) is 28.3 Å². The van der Waals surface area contributed by atoms with Crippen molar-refractivity contribution in [3.63, 3.8) is 0 Å². The molecule has 2 N–H and O–H groups in total. The molecule has 0 radical (unpaired) electrons. The monoisotopic (exact) mass is 236 g/mol. The lowest BCUT2D eigenvalue weighted by molar-refractivity contribution is -0.147. The maximum atomic E-state index is 11.0. The Kier molecular flexibility index (Phi) is 4.12. The normalized spacial score (nSPS) is 11.9. The van der Waals surface area contributed by atoms with Gasteiger partial charge in [-0.25, -0.2) is 4.79 Å². The van der Waals surface area contributed by atoms with Crippen molar-refractivity contribution >= 4 is 18.0 Å². The first-order valence-corrected chi connectivity index (χ1v) is 4.94. The van der Waals surface area contributed by atoms with Crippen LogP contribution < -0.4 is 0 Å². The molecule has 5 nitrogen and oxygen atoms in total. The predicted octanol–water partition coefficient (Wildman–Crippen LogP) is 0.749. The summed E-state index contributed by atoms with van der Waals surface area (Å²) >= 11 is 0. The number of carboxylic acids is 1. The molecule has 0 fully saturated rings. The van der Waals surface area contributed by atoms with Gasteiger partial charge in [-0.2, -0.15) is 0 Å². The topological polar surface area (TPSA) is 91.7 Å². The summed E-state index contributed by atoms with van der Waals surface area (Å²) in [7, 11) is 0. The number of aliphatic carboxylic acids is 1. The van der Waals surface area contributed by atoms with E-state index in [1.165, 1.54) is 25.1 Å². The van der Waals surface area contributed by atoms with Crippen LogP contribution in [0.3, 0.4) is 0 Å². The number of hydrogen-bond donors (Lipinski definition) is 2. The average molecular weight is 236 g/mol. The van der Waals surface area contributed by atoms with Gasteiger partial charge in [0.2, 0.25) is 0 Å². The maximum absolute atomic E-state index is 11.0. The van der Waals surface area contributed by atoms with Crippen LogP contribution in [0.15, 0.2) is 18.2 Å². The average Bonchev–Trinajstić information content (AvgIpc) is 2.27. The minimum absolute atomic E-state index is 0.0266. The zero-order chi connectivity index (χ0) is 13.0. The first-order chi connectivity index (χ1) is 7.95. The number of hydrogen-bond acceptors (Lipinski definition) is 4. The molecule has 0 aliphatic heterocycles. The third-order valence-electron chi connectivity index (χ3n) is 2.27. The number of ketones is 1. The summed E-state index contributed by atoms with van der Waals surface area (Å²) in [6, 6.07) is 4.24. The van der Waals surface area contributed by atoms with Crippen molar-refractivity contribution in [1.82, 2.24) is 0 Å². The lowest BCUT2D eigenvalue weighted by Crippen LogP contribution is -2.14. The summed E-state index contributed by atoms with van der Waals surface area (Å²) in [5.74, 6) is -1.57. The van der Waals surface area contributed by atoms with Crippen molar-refractivity contribution in [3.05, 3.63) is 34.9 Å². The first-order valence-electron chi connectivity index (χ1n) is 4.94. The minimum atomic E-state index is -1.73. The number of rotatable bonds is 5. The van der Waals surface area contributed by atoms with Crippen molar-refractivity contribution in [2.75, 3.05) is 0 Å². The van der Waals surface area contributed by atoms with E-state index in [1.54, 1.807) is 0 Å². The Morgan fingerprint density at radius 1 is 1.41 bits per heavy atom. The molecular weight excluding hydrogens is 224 g/mol. The predicted molar refractivity (Wildman–Crippen MR) is 58.8 cm³/mol. The van der Waals surface area contributed by atoms with Gasteiger partial charge in [0.1, 0.15) is 12.1 Å². The van der Waals surface area contributed by atoms with Crippen molar-refractivity contribution in [2.45, 2.75) is 19.4 Å². The largest absolute Gasteiger partial charge is 0.479 e. The molecule has 0 bridgehead atoms. The van der Waals surface area contributed by atoms with Crippen molar-refractivity contribution in [2.24, 2.45) is 0 Å². The molecule has 0 saturated carbocycles. The first kappa shape index (κ1) is 13.1. The van der Waals surface area contributed by atoms with Crippen LogP contribution in [0.1, 0.15) is 34.5 Å². The Labute approximate surface area is 97.7 Å². The molecule has 0 heterocycles. The van der Waals surface area contributed by atoms with Crippen LogP contribution >= 0.6 is 0 Å². The number of aliphatic hydroxyl groups is 1. The Balaban J connectivity index is 3.24.